The first kappa shape index (κ1) is 14.1. The van der Waals surface area contributed by atoms with Gasteiger partial charge in [-0.3, -0.25) is 0 Å². The zero-order valence-electron chi connectivity index (χ0n) is 9.85. The Balaban J connectivity index is 2.01. The second-order valence-corrected chi connectivity index (χ2v) is 4.99. The van der Waals surface area contributed by atoms with E-state index in [-0.39, 0.29) is 6.29 Å². The summed E-state index contributed by atoms with van der Waals surface area (Å²) in [6.45, 7) is 2.03. The highest BCUT2D eigenvalue weighted by Crippen LogP contribution is 2.13. The Bertz CT molecular complexity index is 202. The molecule has 0 bridgehead atoms. The first-order valence-electron chi connectivity index (χ1n) is 5.77. The summed E-state index contributed by atoms with van der Waals surface area (Å²) in [4.78, 5) is 0. The molecule has 16 heavy (non-hydrogen) atoms. The molecule has 1 heterocycles. The van der Waals surface area contributed by atoms with Gasteiger partial charge in [-0.15, -0.1) is 0 Å². The standard InChI is InChI=1S/C11H22O4S/c1-13-7-5-10(12)16-9-8-15-11-4-2-3-6-14-11/h11-12,16H,2-9H2,1H3. The molecular weight excluding hydrogens is 228 g/mol. The van der Waals surface area contributed by atoms with Gasteiger partial charge in [-0.25, -0.2) is 0 Å². The van der Waals surface area contributed by atoms with Crippen molar-refractivity contribution in [3.05, 3.63) is 0 Å². The van der Waals surface area contributed by atoms with Crippen molar-refractivity contribution in [1.82, 2.24) is 0 Å². The van der Waals surface area contributed by atoms with Crippen molar-refractivity contribution in [2.75, 3.05) is 32.7 Å². The molecule has 1 N–H and O–H groups in total. The van der Waals surface area contributed by atoms with Gasteiger partial charge in [0.05, 0.1) is 18.3 Å². The average Bonchev–Trinajstić information content (AvgIpc) is 2.33. The van der Waals surface area contributed by atoms with Crippen LogP contribution < -0.4 is 0 Å². The van der Waals surface area contributed by atoms with E-state index in [0.29, 0.717) is 24.7 Å². The van der Waals surface area contributed by atoms with Gasteiger partial charge in [0.2, 0.25) is 0 Å². The first-order valence-corrected chi connectivity index (χ1v) is 6.85. The molecule has 1 rings (SSSR count). The van der Waals surface area contributed by atoms with Crippen LogP contribution in [0.5, 0.6) is 0 Å². The van der Waals surface area contributed by atoms with Crippen LogP contribution in [0.2, 0.25) is 0 Å². The second-order valence-electron chi connectivity index (χ2n) is 3.71. The lowest BCUT2D eigenvalue weighted by Crippen LogP contribution is -2.23. The molecule has 1 fully saturated rings. The molecule has 1 aliphatic heterocycles. The highest BCUT2D eigenvalue weighted by molar-refractivity contribution is 7.98. The second kappa shape index (κ2) is 9.13. The number of aliphatic hydroxyl groups excluding tert-OH is 1. The van der Waals surface area contributed by atoms with Crippen LogP contribution in [0.15, 0.2) is 0 Å². The molecule has 0 aromatic carbocycles. The van der Waals surface area contributed by atoms with Gasteiger partial charge in [-0.05, 0) is 19.3 Å². The first-order chi connectivity index (χ1) is 7.83. The Kier molecular flexibility index (Phi) is 8.06. The number of hydrogen-bond donors (Lipinski definition) is 2. The Morgan fingerprint density at radius 1 is 1.44 bits per heavy atom. The van der Waals surface area contributed by atoms with Gasteiger partial charge in [-0.1, -0.05) is 0 Å². The van der Waals surface area contributed by atoms with Crippen molar-refractivity contribution in [2.45, 2.75) is 32.0 Å². The molecule has 0 aromatic heterocycles. The fourth-order valence-corrected chi connectivity index (χ4v) is 2.18. The third-order valence-corrected chi connectivity index (χ3v) is 3.35. The van der Waals surface area contributed by atoms with Crippen molar-refractivity contribution in [1.29, 1.82) is 0 Å². The molecule has 1 unspecified atom stereocenters. The van der Waals surface area contributed by atoms with E-state index in [0.717, 1.165) is 36.6 Å². The molecule has 1 atom stereocenters. The molecule has 96 valence electrons. The third-order valence-electron chi connectivity index (χ3n) is 2.36. The molecule has 0 radical (unpaired) electrons. The van der Waals surface area contributed by atoms with Gasteiger partial charge in [0.1, 0.15) is 0 Å². The molecule has 0 saturated carbocycles. The fraction of sp³-hybridized carbons (Fsp3) is 0.909. The molecule has 1 saturated heterocycles. The van der Waals surface area contributed by atoms with Gasteiger partial charge < -0.3 is 19.3 Å². The van der Waals surface area contributed by atoms with Crippen LogP contribution in [0.4, 0.5) is 0 Å². The summed E-state index contributed by atoms with van der Waals surface area (Å²) in [7, 11) is 1.63. The van der Waals surface area contributed by atoms with E-state index in [4.69, 9.17) is 14.2 Å². The fourth-order valence-electron chi connectivity index (χ4n) is 1.47. The van der Waals surface area contributed by atoms with Gasteiger partial charge in [0.15, 0.2) is 6.29 Å². The van der Waals surface area contributed by atoms with Gasteiger partial charge >= 0.3 is 0 Å². The number of ether oxygens (including phenoxy) is 3. The molecule has 0 spiro atoms. The van der Waals surface area contributed by atoms with Crippen molar-refractivity contribution in [2.24, 2.45) is 0 Å². The summed E-state index contributed by atoms with van der Waals surface area (Å²) in [5, 5.41) is 9.92. The smallest absolute Gasteiger partial charge is 0.157 e. The lowest BCUT2D eigenvalue weighted by atomic mass is 10.2. The maximum Gasteiger partial charge on any atom is 0.157 e. The van der Waals surface area contributed by atoms with Crippen LogP contribution >= 0.6 is 11.4 Å². The summed E-state index contributed by atoms with van der Waals surface area (Å²) in [5.74, 6) is 0.815. The van der Waals surface area contributed by atoms with Crippen LogP contribution in [-0.2, 0) is 14.2 Å². The van der Waals surface area contributed by atoms with Crippen LogP contribution in [0.25, 0.3) is 0 Å². The Labute approximate surface area is 101 Å². The summed E-state index contributed by atoms with van der Waals surface area (Å²) < 4.78 is 15.9. The van der Waals surface area contributed by atoms with Gasteiger partial charge in [0.25, 0.3) is 0 Å². The molecule has 0 aliphatic carbocycles. The van der Waals surface area contributed by atoms with Crippen LogP contribution in [0.3, 0.4) is 0 Å². The quantitative estimate of drug-likeness (QED) is 0.410. The molecule has 5 heteroatoms. The van der Waals surface area contributed by atoms with Crippen LogP contribution in [-0.4, -0.2) is 49.1 Å². The average molecular weight is 250 g/mol. The summed E-state index contributed by atoms with van der Waals surface area (Å²) in [6, 6.07) is 0. The van der Waals surface area contributed by atoms with E-state index in [2.05, 4.69) is 0 Å². The zero-order valence-corrected chi connectivity index (χ0v) is 10.7. The SMILES string of the molecule is COCCC(O)=[SH]CCOC1CCCCO1. The molecule has 4 nitrogen and oxygen atoms in total. The number of thiol groups is 1. The van der Waals surface area contributed by atoms with Crippen molar-refractivity contribution in [3.8, 4) is 0 Å². The minimum atomic E-state index is -0.0231. The number of methoxy groups -OCH3 is 1. The normalized spacial score (nSPS) is 22.9. The molecule has 0 amide bonds. The Morgan fingerprint density at radius 3 is 3.00 bits per heavy atom. The maximum atomic E-state index is 9.45. The lowest BCUT2D eigenvalue weighted by Gasteiger charge is -2.22. The topological polar surface area (TPSA) is 47.9 Å². The van der Waals surface area contributed by atoms with Crippen molar-refractivity contribution >= 4 is 16.4 Å². The van der Waals surface area contributed by atoms with Crippen LogP contribution in [0.1, 0.15) is 25.7 Å². The molecule has 0 aromatic rings. The van der Waals surface area contributed by atoms with Gasteiger partial charge in [-0.2, -0.15) is 11.4 Å². The summed E-state index contributed by atoms with van der Waals surface area (Å²) in [6.07, 6.45) is 3.91. The number of hydrogen-bond acceptors (Lipinski definition) is 3. The highest BCUT2D eigenvalue weighted by atomic mass is 32.1. The van der Waals surface area contributed by atoms with E-state index in [1.807, 2.05) is 0 Å². The van der Waals surface area contributed by atoms with E-state index >= 15 is 0 Å². The predicted molar refractivity (Wildman–Crippen MR) is 67.5 cm³/mol. The van der Waals surface area contributed by atoms with Crippen LogP contribution in [0, 0.1) is 0 Å². The van der Waals surface area contributed by atoms with E-state index in [9.17, 15) is 5.11 Å². The zero-order chi connectivity index (χ0) is 11.6. The number of rotatable bonds is 7. The minimum Gasteiger partial charge on any atom is -0.384 e. The van der Waals surface area contributed by atoms with E-state index in [1.165, 1.54) is 6.42 Å². The summed E-state index contributed by atoms with van der Waals surface area (Å²) in [5.41, 5.74) is 0. The minimum absolute atomic E-state index is 0.0231. The number of aliphatic hydroxyl groups is 1. The Hall–Kier alpha value is 0.0600. The van der Waals surface area contributed by atoms with E-state index in [1.54, 1.807) is 7.11 Å². The molecular formula is C11H22O4S. The third kappa shape index (κ3) is 6.60. The lowest BCUT2D eigenvalue weighted by molar-refractivity contribution is -0.158. The van der Waals surface area contributed by atoms with E-state index < -0.39 is 0 Å². The van der Waals surface area contributed by atoms with Crippen molar-refractivity contribution in [3.63, 3.8) is 0 Å². The largest absolute Gasteiger partial charge is 0.384 e. The van der Waals surface area contributed by atoms with Gasteiger partial charge in [0, 0.05) is 25.9 Å². The predicted octanol–water partition coefficient (Wildman–Crippen LogP) is 1.72. The Morgan fingerprint density at radius 2 is 2.31 bits per heavy atom. The monoisotopic (exact) mass is 250 g/mol. The summed E-state index contributed by atoms with van der Waals surface area (Å²) >= 11 is 0.933. The van der Waals surface area contributed by atoms with Crippen molar-refractivity contribution < 1.29 is 19.3 Å². The maximum absolute atomic E-state index is 9.45. The molecule has 1 aliphatic rings. The highest BCUT2D eigenvalue weighted by Gasteiger charge is 2.12.